The highest BCUT2D eigenvalue weighted by atomic mass is 16.3. The van der Waals surface area contributed by atoms with Gasteiger partial charge in [0, 0.05) is 11.3 Å². The molecule has 2 nitrogen and oxygen atoms in total. The molecule has 1 aromatic heterocycles. The molecule has 1 saturated carbocycles. The molecule has 0 spiro atoms. The molecule has 1 fully saturated rings. The summed E-state index contributed by atoms with van der Waals surface area (Å²) in [7, 11) is 0. The average Bonchev–Trinajstić information content (AvgIpc) is 3.07. The van der Waals surface area contributed by atoms with Crippen LogP contribution in [0.15, 0.2) is 28.7 Å². The Hall–Kier alpha value is -1.57. The molecule has 0 aliphatic heterocycles. The maximum absolute atomic E-state index is 12.2. The number of Topliss-reactive ketones (excluding diaryl/α,β-unsaturated/α-hetero) is 1. The monoisotopic (exact) mass is 228 g/mol. The van der Waals surface area contributed by atoms with E-state index in [-0.39, 0.29) is 11.7 Å². The minimum Gasteiger partial charge on any atom is -0.453 e. The zero-order valence-electron chi connectivity index (χ0n) is 10.2. The van der Waals surface area contributed by atoms with Gasteiger partial charge in [-0.05, 0) is 43.9 Å². The van der Waals surface area contributed by atoms with Crippen LogP contribution in [-0.2, 0) is 0 Å². The number of rotatable bonds is 3. The summed E-state index contributed by atoms with van der Waals surface area (Å²) in [5.41, 5.74) is 1.99. The molecule has 2 aromatic rings. The lowest BCUT2D eigenvalue weighted by Crippen LogP contribution is -2.12. The Kier molecular flexibility index (Phi) is 2.32. The van der Waals surface area contributed by atoms with Crippen LogP contribution in [0, 0.1) is 18.8 Å². The molecular weight excluding hydrogens is 212 g/mol. The summed E-state index contributed by atoms with van der Waals surface area (Å²) >= 11 is 0. The number of furan rings is 1. The van der Waals surface area contributed by atoms with E-state index in [0.29, 0.717) is 11.7 Å². The maximum atomic E-state index is 12.2. The quantitative estimate of drug-likeness (QED) is 0.744. The summed E-state index contributed by atoms with van der Waals surface area (Å²) in [6.45, 7) is 4.05. The second kappa shape index (κ2) is 3.73. The fourth-order valence-electron chi connectivity index (χ4n) is 2.32. The van der Waals surface area contributed by atoms with E-state index in [1.54, 1.807) is 0 Å². The maximum Gasteiger partial charge on any atom is 0.201 e. The van der Waals surface area contributed by atoms with E-state index in [1.165, 1.54) is 18.4 Å². The van der Waals surface area contributed by atoms with E-state index in [4.69, 9.17) is 4.42 Å². The summed E-state index contributed by atoms with van der Waals surface area (Å²) in [6, 6.07) is 7.87. The first-order valence-corrected chi connectivity index (χ1v) is 6.19. The number of carbonyl (C=O) groups is 1. The first-order chi connectivity index (χ1) is 8.15. The van der Waals surface area contributed by atoms with Crippen LogP contribution < -0.4 is 0 Å². The molecule has 0 N–H and O–H groups in total. The third kappa shape index (κ3) is 1.88. The molecule has 1 aliphatic carbocycles. The Bertz CT molecular complexity index is 576. The molecule has 0 bridgehead atoms. The molecule has 0 amide bonds. The van der Waals surface area contributed by atoms with Crippen LogP contribution in [0.1, 0.15) is 35.9 Å². The van der Waals surface area contributed by atoms with Gasteiger partial charge in [0.05, 0.1) is 0 Å². The van der Waals surface area contributed by atoms with Gasteiger partial charge in [-0.2, -0.15) is 0 Å². The van der Waals surface area contributed by atoms with E-state index in [1.807, 2.05) is 32.0 Å². The lowest BCUT2D eigenvalue weighted by atomic mass is 9.99. The van der Waals surface area contributed by atoms with Gasteiger partial charge < -0.3 is 4.42 Å². The zero-order valence-corrected chi connectivity index (χ0v) is 10.2. The SMILES string of the molecule is Cc1ccc2oc(C(=O)C(C)C3CC3)cc2c1. The third-order valence-corrected chi connectivity index (χ3v) is 3.66. The topological polar surface area (TPSA) is 30.2 Å². The molecular formula is C15H16O2. The van der Waals surface area contributed by atoms with Crippen LogP contribution in [0.3, 0.4) is 0 Å². The lowest BCUT2D eigenvalue weighted by Gasteiger charge is -2.04. The number of benzene rings is 1. The van der Waals surface area contributed by atoms with Gasteiger partial charge in [0.1, 0.15) is 5.58 Å². The van der Waals surface area contributed by atoms with Crippen molar-refractivity contribution >= 4 is 16.8 Å². The van der Waals surface area contributed by atoms with Gasteiger partial charge >= 0.3 is 0 Å². The third-order valence-electron chi connectivity index (χ3n) is 3.66. The smallest absolute Gasteiger partial charge is 0.201 e. The predicted molar refractivity (Wildman–Crippen MR) is 67.2 cm³/mol. The van der Waals surface area contributed by atoms with E-state index >= 15 is 0 Å². The van der Waals surface area contributed by atoms with Crippen molar-refractivity contribution in [3.05, 3.63) is 35.6 Å². The summed E-state index contributed by atoms with van der Waals surface area (Å²) in [4.78, 5) is 12.2. The van der Waals surface area contributed by atoms with Crippen LogP contribution >= 0.6 is 0 Å². The average molecular weight is 228 g/mol. The van der Waals surface area contributed by atoms with Gasteiger partial charge in [-0.25, -0.2) is 0 Å². The summed E-state index contributed by atoms with van der Waals surface area (Å²) < 4.78 is 5.63. The van der Waals surface area contributed by atoms with Crippen LogP contribution in [0.25, 0.3) is 11.0 Å². The van der Waals surface area contributed by atoms with E-state index in [0.717, 1.165) is 11.0 Å². The van der Waals surface area contributed by atoms with Crippen LogP contribution in [0.5, 0.6) is 0 Å². The Balaban J connectivity index is 1.97. The first-order valence-electron chi connectivity index (χ1n) is 6.19. The second-order valence-corrected chi connectivity index (χ2v) is 5.14. The molecule has 1 atom stereocenters. The molecule has 1 aromatic carbocycles. The van der Waals surface area contributed by atoms with Gasteiger partial charge in [-0.1, -0.05) is 18.6 Å². The van der Waals surface area contributed by atoms with Crippen molar-refractivity contribution in [1.29, 1.82) is 0 Å². The normalized spacial score (nSPS) is 17.3. The van der Waals surface area contributed by atoms with Crippen molar-refractivity contribution in [3.63, 3.8) is 0 Å². The van der Waals surface area contributed by atoms with Crippen LogP contribution in [0.4, 0.5) is 0 Å². The van der Waals surface area contributed by atoms with Crippen molar-refractivity contribution in [2.75, 3.05) is 0 Å². The second-order valence-electron chi connectivity index (χ2n) is 5.14. The molecule has 88 valence electrons. The highest BCUT2D eigenvalue weighted by Gasteiger charge is 2.34. The predicted octanol–water partition coefficient (Wildman–Crippen LogP) is 3.97. The van der Waals surface area contributed by atoms with Crippen molar-refractivity contribution in [2.45, 2.75) is 26.7 Å². The van der Waals surface area contributed by atoms with Crippen LogP contribution in [-0.4, -0.2) is 5.78 Å². The van der Waals surface area contributed by atoms with Crippen molar-refractivity contribution in [3.8, 4) is 0 Å². The highest BCUT2D eigenvalue weighted by Crippen LogP contribution is 2.38. The van der Waals surface area contributed by atoms with E-state index in [9.17, 15) is 4.79 Å². The van der Waals surface area contributed by atoms with E-state index in [2.05, 4.69) is 6.07 Å². The summed E-state index contributed by atoms with van der Waals surface area (Å²) in [6.07, 6.45) is 2.37. The zero-order chi connectivity index (χ0) is 12.0. The van der Waals surface area contributed by atoms with Crippen molar-refractivity contribution in [2.24, 2.45) is 11.8 Å². The number of ketones is 1. The molecule has 2 heteroatoms. The van der Waals surface area contributed by atoms with Crippen molar-refractivity contribution in [1.82, 2.24) is 0 Å². The van der Waals surface area contributed by atoms with Gasteiger partial charge in [0.25, 0.3) is 0 Å². The Labute approximate surface area is 101 Å². The standard InChI is InChI=1S/C15H16O2/c1-9-3-6-13-12(7-9)8-14(17-13)15(16)10(2)11-4-5-11/h3,6-8,10-11H,4-5H2,1-2H3. The van der Waals surface area contributed by atoms with Crippen molar-refractivity contribution < 1.29 is 9.21 Å². The fraction of sp³-hybridized carbons (Fsp3) is 0.400. The molecule has 1 unspecified atom stereocenters. The van der Waals surface area contributed by atoms with E-state index < -0.39 is 0 Å². The molecule has 3 rings (SSSR count). The molecule has 1 heterocycles. The number of carbonyl (C=O) groups excluding carboxylic acids is 1. The Morgan fingerprint density at radius 1 is 1.35 bits per heavy atom. The Morgan fingerprint density at radius 3 is 2.82 bits per heavy atom. The van der Waals surface area contributed by atoms with Gasteiger partial charge in [-0.15, -0.1) is 0 Å². The first kappa shape index (κ1) is 10.6. The number of fused-ring (bicyclic) bond motifs is 1. The molecule has 1 aliphatic rings. The molecule has 17 heavy (non-hydrogen) atoms. The lowest BCUT2D eigenvalue weighted by molar-refractivity contribution is 0.0890. The number of hydrogen-bond acceptors (Lipinski definition) is 2. The minimum atomic E-state index is 0.108. The Morgan fingerprint density at radius 2 is 2.12 bits per heavy atom. The fourth-order valence-corrected chi connectivity index (χ4v) is 2.32. The molecule has 0 saturated heterocycles. The van der Waals surface area contributed by atoms with Crippen LogP contribution in [0.2, 0.25) is 0 Å². The highest BCUT2D eigenvalue weighted by molar-refractivity contribution is 5.99. The number of aryl methyl sites for hydroxylation is 1. The van der Waals surface area contributed by atoms with Gasteiger partial charge in [0.15, 0.2) is 5.76 Å². The largest absolute Gasteiger partial charge is 0.453 e. The van der Waals surface area contributed by atoms with Gasteiger partial charge in [-0.3, -0.25) is 4.79 Å². The molecule has 0 radical (unpaired) electrons. The minimum absolute atomic E-state index is 0.108. The summed E-state index contributed by atoms with van der Waals surface area (Å²) in [5, 5.41) is 1.02. The number of hydrogen-bond donors (Lipinski definition) is 0. The summed E-state index contributed by atoms with van der Waals surface area (Å²) in [5.74, 6) is 1.36. The van der Waals surface area contributed by atoms with Gasteiger partial charge in [0.2, 0.25) is 5.78 Å².